The second-order valence-electron chi connectivity index (χ2n) is 8.33. The van der Waals surface area contributed by atoms with Gasteiger partial charge in [0, 0.05) is 38.2 Å². The molecule has 1 saturated heterocycles. The third kappa shape index (κ3) is 7.35. The topological polar surface area (TPSA) is 105 Å². The maximum absolute atomic E-state index is 12.4. The second kappa shape index (κ2) is 11.6. The van der Waals surface area contributed by atoms with Crippen molar-refractivity contribution in [3.63, 3.8) is 0 Å². The number of hydrogen-bond donors (Lipinski definition) is 0. The minimum atomic E-state index is -0.890. The Hall–Kier alpha value is -2.90. The molecule has 176 valence electrons. The smallest absolute Gasteiger partial charge is 0.307 e. The fourth-order valence-corrected chi connectivity index (χ4v) is 3.97. The number of ether oxygens (including phenoxy) is 4. The highest BCUT2D eigenvalue weighted by atomic mass is 16.7. The third-order valence-electron chi connectivity index (χ3n) is 5.49. The average Bonchev–Trinajstić information content (AvgIpc) is 2.69. The van der Waals surface area contributed by atoms with Crippen LogP contribution in [0.2, 0.25) is 0 Å². The van der Waals surface area contributed by atoms with Gasteiger partial charge in [0.15, 0.2) is 0 Å². The highest BCUT2D eigenvalue weighted by Gasteiger charge is 2.46. The summed E-state index contributed by atoms with van der Waals surface area (Å²) in [5.74, 6) is -1.83. The summed E-state index contributed by atoms with van der Waals surface area (Å²) in [4.78, 5) is 46.4. The Labute approximate surface area is 188 Å². The molecule has 0 saturated carbocycles. The molecular weight excluding hydrogens is 416 g/mol. The number of hydrogen-bond acceptors (Lipinski definition) is 8. The fraction of sp³-hybridized carbons (Fsp3) is 0.583. The lowest BCUT2D eigenvalue weighted by molar-refractivity contribution is -0.185. The van der Waals surface area contributed by atoms with E-state index in [-0.39, 0.29) is 36.7 Å². The number of ketones is 1. The van der Waals surface area contributed by atoms with Crippen LogP contribution in [0.5, 0.6) is 0 Å². The Balaban J connectivity index is 2.22. The van der Waals surface area contributed by atoms with Gasteiger partial charge in [0.25, 0.3) is 0 Å². The van der Waals surface area contributed by atoms with Crippen LogP contribution in [0.1, 0.15) is 59.8 Å². The first kappa shape index (κ1) is 25.4. The largest absolute Gasteiger partial charge is 0.462 e. The molecule has 0 unspecified atom stereocenters. The van der Waals surface area contributed by atoms with E-state index in [4.69, 9.17) is 18.9 Å². The molecule has 0 spiro atoms. The maximum Gasteiger partial charge on any atom is 0.307 e. The molecule has 0 aromatic heterocycles. The molecule has 1 fully saturated rings. The van der Waals surface area contributed by atoms with Crippen molar-refractivity contribution in [1.82, 2.24) is 0 Å². The number of carbonyl (C=O) groups is 4. The van der Waals surface area contributed by atoms with Crippen LogP contribution in [0, 0.1) is 11.8 Å². The molecule has 0 aromatic rings. The van der Waals surface area contributed by atoms with Crippen LogP contribution in [-0.4, -0.2) is 42.7 Å². The summed E-state index contributed by atoms with van der Waals surface area (Å²) in [6.07, 6.45) is 4.06. The van der Waals surface area contributed by atoms with Crippen molar-refractivity contribution in [3.05, 3.63) is 35.6 Å². The van der Waals surface area contributed by atoms with E-state index in [1.165, 1.54) is 27.0 Å². The van der Waals surface area contributed by atoms with Crippen molar-refractivity contribution in [2.24, 2.45) is 11.8 Å². The number of carbonyl (C=O) groups excluding carboxylic acids is 4. The fourth-order valence-electron chi connectivity index (χ4n) is 3.97. The predicted molar refractivity (Wildman–Crippen MR) is 115 cm³/mol. The Bertz CT molecular complexity index is 822. The van der Waals surface area contributed by atoms with E-state index in [9.17, 15) is 19.2 Å². The lowest BCUT2D eigenvalue weighted by Gasteiger charge is -2.42. The highest BCUT2D eigenvalue weighted by molar-refractivity contribution is 5.75. The van der Waals surface area contributed by atoms with Crippen LogP contribution in [0.4, 0.5) is 0 Å². The van der Waals surface area contributed by atoms with Crippen LogP contribution >= 0.6 is 0 Å². The van der Waals surface area contributed by atoms with Gasteiger partial charge in [0.1, 0.15) is 18.5 Å². The van der Waals surface area contributed by atoms with Gasteiger partial charge in [-0.3, -0.25) is 14.4 Å². The molecular formula is C24H32O8. The molecule has 2 aliphatic heterocycles. The van der Waals surface area contributed by atoms with Gasteiger partial charge in [-0.15, -0.1) is 0 Å². The van der Waals surface area contributed by atoms with Gasteiger partial charge in [-0.1, -0.05) is 18.2 Å². The molecule has 2 heterocycles. The third-order valence-corrected chi connectivity index (χ3v) is 5.49. The summed E-state index contributed by atoms with van der Waals surface area (Å²) < 4.78 is 21.7. The van der Waals surface area contributed by atoms with E-state index in [1.54, 1.807) is 0 Å². The highest BCUT2D eigenvalue weighted by Crippen LogP contribution is 2.44. The lowest BCUT2D eigenvalue weighted by atomic mass is 9.73. The van der Waals surface area contributed by atoms with Crippen molar-refractivity contribution < 1.29 is 38.1 Å². The summed E-state index contributed by atoms with van der Waals surface area (Å²) >= 11 is 0. The minimum Gasteiger partial charge on any atom is -0.462 e. The molecule has 0 aromatic carbocycles. The quantitative estimate of drug-likeness (QED) is 0.284. The molecule has 4 atom stereocenters. The summed E-state index contributed by atoms with van der Waals surface area (Å²) in [5.41, 5.74) is 2.39. The molecule has 8 nitrogen and oxygen atoms in total. The molecule has 2 aliphatic rings. The summed E-state index contributed by atoms with van der Waals surface area (Å²) in [6.45, 7) is 10.3. The number of Topliss-reactive ketones (excluding diaryl/α,β-unsaturated/α-hetero) is 1. The maximum atomic E-state index is 12.4. The molecule has 0 N–H and O–H groups in total. The zero-order valence-corrected chi connectivity index (χ0v) is 19.2. The van der Waals surface area contributed by atoms with Crippen molar-refractivity contribution >= 4 is 23.7 Å². The van der Waals surface area contributed by atoms with Crippen molar-refractivity contribution in [2.45, 2.75) is 72.2 Å². The van der Waals surface area contributed by atoms with Gasteiger partial charge in [-0.05, 0) is 32.3 Å². The molecule has 0 aliphatic carbocycles. The van der Waals surface area contributed by atoms with Crippen LogP contribution < -0.4 is 0 Å². The monoisotopic (exact) mass is 448 g/mol. The average molecular weight is 449 g/mol. The summed E-state index contributed by atoms with van der Waals surface area (Å²) in [5, 5.41) is 0. The van der Waals surface area contributed by atoms with Crippen LogP contribution in [0.3, 0.4) is 0 Å². The SMILES string of the molecule is C=C(CCCC(C)=O)[C@@H]1[C@@H](OC(C)=O)OC=C2[C@H](C/C=C(\C)COC(C)=O)OC(=O)C[C@H]21. The van der Waals surface area contributed by atoms with E-state index in [0.717, 1.165) is 16.7 Å². The Morgan fingerprint density at radius 1 is 1.16 bits per heavy atom. The minimum absolute atomic E-state index is 0.0898. The molecule has 32 heavy (non-hydrogen) atoms. The van der Waals surface area contributed by atoms with Crippen LogP contribution in [0.15, 0.2) is 35.6 Å². The normalized spacial score (nSPS) is 24.9. The first-order valence-corrected chi connectivity index (χ1v) is 10.8. The Morgan fingerprint density at radius 3 is 2.50 bits per heavy atom. The summed E-state index contributed by atoms with van der Waals surface area (Å²) in [6, 6.07) is 0. The number of cyclic esters (lactones) is 1. The van der Waals surface area contributed by atoms with E-state index >= 15 is 0 Å². The van der Waals surface area contributed by atoms with E-state index in [1.807, 2.05) is 13.0 Å². The van der Waals surface area contributed by atoms with Crippen molar-refractivity contribution in [3.8, 4) is 0 Å². The predicted octanol–water partition coefficient (Wildman–Crippen LogP) is 3.55. The first-order valence-electron chi connectivity index (χ1n) is 10.8. The van der Waals surface area contributed by atoms with Gasteiger partial charge in [0.2, 0.25) is 6.29 Å². The lowest BCUT2D eigenvalue weighted by Crippen LogP contribution is -2.45. The Kier molecular flexibility index (Phi) is 9.23. The Morgan fingerprint density at radius 2 is 1.88 bits per heavy atom. The van der Waals surface area contributed by atoms with Gasteiger partial charge in [-0.2, -0.15) is 0 Å². The van der Waals surface area contributed by atoms with Crippen molar-refractivity contribution in [2.75, 3.05) is 6.61 Å². The molecule has 0 bridgehead atoms. The zero-order chi connectivity index (χ0) is 23.8. The number of fused-ring (bicyclic) bond motifs is 1. The number of esters is 3. The van der Waals surface area contributed by atoms with Crippen LogP contribution in [-0.2, 0) is 38.1 Å². The van der Waals surface area contributed by atoms with Gasteiger partial charge in [-0.25, -0.2) is 0 Å². The molecule has 0 radical (unpaired) electrons. The second-order valence-corrected chi connectivity index (χ2v) is 8.33. The standard InChI is InChI=1S/C24H32O8/c1-14(12-29-17(4)26)9-10-21-20-13-30-24(31-18(5)27)23(19(20)11-22(28)32-21)15(2)7-6-8-16(3)25/h9,13,19,21,23-24H,2,6-8,10-12H2,1,3-5H3/b14-9+/t19-,21+,23+,24-/m1/s1. The van der Waals surface area contributed by atoms with Gasteiger partial charge in [0.05, 0.1) is 18.6 Å². The van der Waals surface area contributed by atoms with Gasteiger partial charge < -0.3 is 23.7 Å². The number of rotatable bonds is 10. The van der Waals surface area contributed by atoms with Crippen LogP contribution in [0.25, 0.3) is 0 Å². The van der Waals surface area contributed by atoms with Crippen molar-refractivity contribution in [1.29, 1.82) is 0 Å². The first-order chi connectivity index (χ1) is 15.1. The van der Waals surface area contributed by atoms with E-state index in [2.05, 4.69) is 6.58 Å². The van der Waals surface area contributed by atoms with E-state index in [0.29, 0.717) is 25.7 Å². The molecule has 8 heteroatoms. The molecule has 2 rings (SSSR count). The van der Waals surface area contributed by atoms with E-state index < -0.39 is 24.3 Å². The molecule has 0 amide bonds. The summed E-state index contributed by atoms with van der Waals surface area (Å²) in [7, 11) is 0. The van der Waals surface area contributed by atoms with Gasteiger partial charge >= 0.3 is 17.9 Å². The zero-order valence-electron chi connectivity index (χ0n) is 19.2.